The number of methoxy groups -OCH3 is 1. The van der Waals surface area contributed by atoms with Gasteiger partial charge >= 0.3 is 0 Å². The van der Waals surface area contributed by atoms with Gasteiger partial charge in [-0.3, -0.25) is 4.99 Å². The number of rotatable bonds is 9. The molecule has 1 aromatic rings. The van der Waals surface area contributed by atoms with Gasteiger partial charge in [0.05, 0.1) is 18.2 Å². The van der Waals surface area contributed by atoms with Crippen molar-refractivity contribution in [3.8, 4) is 0 Å². The smallest absolute Gasteiger partial charge is 0.191 e. The number of thiophene rings is 1. The number of hydrogen-bond donors (Lipinski definition) is 2. The fraction of sp³-hybridized carbons (Fsp3) is 0.706. The molecular formula is C17H30N4O2S. The summed E-state index contributed by atoms with van der Waals surface area (Å²) in [5, 5.41) is 10.4. The van der Waals surface area contributed by atoms with Gasteiger partial charge < -0.3 is 25.0 Å². The maximum absolute atomic E-state index is 5.46. The van der Waals surface area contributed by atoms with Crippen molar-refractivity contribution in [2.75, 3.05) is 58.5 Å². The maximum Gasteiger partial charge on any atom is 0.191 e. The predicted molar refractivity (Wildman–Crippen MR) is 101 cm³/mol. The highest BCUT2D eigenvalue weighted by Crippen LogP contribution is 2.24. The monoisotopic (exact) mass is 354 g/mol. The second-order valence-corrected chi connectivity index (χ2v) is 6.74. The zero-order chi connectivity index (χ0) is 17.0. The molecule has 2 rings (SSSR count). The van der Waals surface area contributed by atoms with E-state index < -0.39 is 0 Å². The van der Waals surface area contributed by atoms with Gasteiger partial charge in [0, 0.05) is 46.4 Å². The van der Waals surface area contributed by atoms with E-state index in [0.717, 1.165) is 51.5 Å². The van der Waals surface area contributed by atoms with Crippen molar-refractivity contribution >= 4 is 22.3 Å². The molecule has 1 aliphatic rings. The molecular weight excluding hydrogens is 324 g/mol. The second-order valence-electron chi connectivity index (χ2n) is 5.81. The van der Waals surface area contributed by atoms with Crippen molar-refractivity contribution in [2.24, 2.45) is 4.99 Å². The number of nitrogens with one attached hydrogen (secondary N) is 2. The third-order valence-electron chi connectivity index (χ3n) is 4.07. The van der Waals surface area contributed by atoms with Gasteiger partial charge in [0.25, 0.3) is 0 Å². The van der Waals surface area contributed by atoms with Crippen LogP contribution in [0.2, 0.25) is 0 Å². The van der Waals surface area contributed by atoms with Gasteiger partial charge in [-0.15, -0.1) is 11.3 Å². The fourth-order valence-corrected chi connectivity index (χ4v) is 3.49. The van der Waals surface area contributed by atoms with Crippen molar-refractivity contribution in [3.05, 3.63) is 17.5 Å². The lowest BCUT2D eigenvalue weighted by Gasteiger charge is -2.33. The molecule has 1 aliphatic heterocycles. The summed E-state index contributed by atoms with van der Waals surface area (Å²) in [6.07, 6.45) is 3.23. The van der Waals surface area contributed by atoms with Crippen LogP contribution >= 0.6 is 11.3 Å². The number of hydrogen-bond acceptors (Lipinski definition) is 5. The van der Waals surface area contributed by atoms with E-state index in [9.17, 15) is 0 Å². The summed E-state index contributed by atoms with van der Waals surface area (Å²) in [6.45, 7) is 5.12. The maximum atomic E-state index is 5.46. The third kappa shape index (κ3) is 6.67. The lowest BCUT2D eigenvalue weighted by Crippen LogP contribution is -2.48. The van der Waals surface area contributed by atoms with E-state index in [1.807, 2.05) is 18.4 Å². The molecule has 0 aromatic carbocycles. The Balaban J connectivity index is 1.58. The molecule has 0 aliphatic carbocycles. The first-order valence-corrected chi connectivity index (χ1v) is 9.53. The van der Waals surface area contributed by atoms with Gasteiger partial charge in [0.2, 0.25) is 0 Å². The average molecular weight is 355 g/mol. The minimum absolute atomic E-state index is 0.491. The van der Waals surface area contributed by atoms with Gasteiger partial charge in [0.15, 0.2) is 5.96 Å². The van der Waals surface area contributed by atoms with Crippen LogP contribution in [0.5, 0.6) is 0 Å². The highest BCUT2D eigenvalue weighted by Gasteiger charge is 2.20. The first kappa shape index (κ1) is 19.0. The van der Waals surface area contributed by atoms with Crippen molar-refractivity contribution in [3.63, 3.8) is 0 Å². The van der Waals surface area contributed by atoms with E-state index >= 15 is 0 Å². The van der Waals surface area contributed by atoms with E-state index in [4.69, 9.17) is 9.47 Å². The summed E-state index contributed by atoms with van der Waals surface area (Å²) in [5.41, 5.74) is 0. The van der Waals surface area contributed by atoms with Gasteiger partial charge in [-0.2, -0.15) is 0 Å². The highest BCUT2D eigenvalue weighted by molar-refractivity contribution is 7.14. The molecule has 24 heavy (non-hydrogen) atoms. The van der Waals surface area contributed by atoms with Crippen LogP contribution in [0.4, 0.5) is 5.00 Å². The summed E-state index contributed by atoms with van der Waals surface area (Å²) in [5.74, 6) is 0.890. The molecule has 0 bridgehead atoms. The first-order chi connectivity index (χ1) is 11.8. The lowest BCUT2D eigenvalue weighted by atomic mass is 10.1. The van der Waals surface area contributed by atoms with Crippen LogP contribution < -0.4 is 15.5 Å². The Hall–Kier alpha value is -1.31. The molecule has 136 valence electrons. The summed E-state index contributed by atoms with van der Waals surface area (Å²) in [6, 6.07) is 4.81. The lowest BCUT2D eigenvalue weighted by molar-refractivity contribution is 0.0698. The van der Waals surface area contributed by atoms with E-state index in [2.05, 4.69) is 38.0 Å². The van der Waals surface area contributed by atoms with Crippen LogP contribution in [-0.4, -0.2) is 65.6 Å². The molecule has 0 atom stereocenters. The Morgan fingerprint density at radius 3 is 2.83 bits per heavy atom. The standard InChI is InChI=1S/C17H30N4O2S/c1-18-17(19-8-4-11-23-13-12-22-2)20-15-6-9-21(10-7-15)16-5-3-14-24-16/h3,5,14-15H,4,6-13H2,1-2H3,(H2,18,19,20). The van der Waals surface area contributed by atoms with E-state index in [-0.39, 0.29) is 0 Å². The predicted octanol–water partition coefficient (Wildman–Crippen LogP) is 1.94. The van der Waals surface area contributed by atoms with Crippen LogP contribution in [0.1, 0.15) is 19.3 Å². The Labute approximate surface area is 149 Å². The zero-order valence-corrected chi connectivity index (χ0v) is 15.6. The molecule has 1 fully saturated rings. The van der Waals surface area contributed by atoms with Gasteiger partial charge in [-0.05, 0) is 36.8 Å². The second kappa shape index (κ2) is 11.3. The summed E-state index contributed by atoms with van der Waals surface area (Å²) in [7, 11) is 3.51. The summed E-state index contributed by atoms with van der Waals surface area (Å²) in [4.78, 5) is 6.79. The molecule has 6 nitrogen and oxygen atoms in total. The number of aliphatic imine (C=N–C) groups is 1. The van der Waals surface area contributed by atoms with Crippen LogP contribution in [0.3, 0.4) is 0 Å². The molecule has 2 N–H and O–H groups in total. The summed E-state index contributed by atoms with van der Waals surface area (Å²) >= 11 is 1.82. The number of anilines is 1. The summed E-state index contributed by atoms with van der Waals surface area (Å²) < 4.78 is 10.4. The van der Waals surface area contributed by atoms with Crippen LogP contribution in [0.25, 0.3) is 0 Å². The molecule has 0 spiro atoms. The van der Waals surface area contributed by atoms with Gasteiger partial charge in [-0.25, -0.2) is 0 Å². The average Bonchev–Trinajstić information content (AvgIpc) is 3.15. The van der Waals surface area contributed by atoms with Crippen molar-refractivity contribution < 1.29 is 9.47 Å². The number of nitrogens with zero attached hydrogens (tertiary/aromatic N) is 2. The molecule has 0 unspecified atom stereocenters. The molecule has 1 aromatic heterocycles. The van der Waals surface area contributed by atoms with Crippen molar-refractivity contribution in [2.45, 2.75) is 25.3 Å². The van der Waals surface area contributed by atoms with Crippen LogP contribution in [-0.2, 0) is 9.47 Å². The Kier molecular flexibility index (Phi) is 8.94. The normalized spacial score (nSPS) is 16.4. The SMILES string of the molecule is CN=C(NCCCOCCOC)NC1CCN(c2cccs2)CC1. The zero-order valence-electron chi connectivity index (χ0n) is 14.8. The molecule has 0 amide bonds. The van der Waals surface area contributed by atoms with Crippen LogP contribution in [0, 0.1) is 0 Å². The Morgan fingerprint density at radius 2 is 2.17 bits per heavy atom. The fourth-order valence-electron chi connectivity index (χ4n) is 2.71. The minimum atomic E-state index is 0.491. The van der Waals surface area contributed by atoms with E-state index in [1.54, 1.807) is 7.11 Å². The number of piperidine rings is 1. The quantitative estimate of drug-likeness (QED) is 0.403. The largest absolute Gasteiger partial charge is 0.382 e. The van der Waals surface area contributed by atoms with Crippen LogP contribution in [0.15, 0.2) is 22.5 Å². The van der Waals surface area contributed by atoms with Crippen molar-refractivity contribution in [1.82, 2.24) is 10.6 Å². The Bertz CT molecular complexity index is 459. The first-order valence-electron chi connectivity index (χ1n) is 8.66. The van der Waals surface area contributed by atoms with E-state index in [1.165, 1.54) is 5.00 Å². The van der Waals surface area contributed by atoms with E-state index in [0.29, 0.717) is 19.3 Å². The van der Waals surface area contributed by atoms with Gasteiger partial charge in [-0.1, -0.05) is 0 Å². The molecule has 7 heteroatoms. The molecule has 2 heterocycles. The molecule has 0 radical (unpaired) electrons. The Morgan fingerprint density at radius 1 is 1.33 bits per heavy atom. The minimum Gasteiger partial charge on any atom is -0.382 e. The number of guanidine groups is 1. The molecule has 1 saturated heterocycles. The highest BCUT2D eigenvalue weighted by atomic mass is 32.1. The van der Waals surface area contributed by atoms with Crippen molar-refractivity contribution in [1.29, 1.82) is 0 Å². The molecule has 0 saturated carbocycles. The third-order valence-corrected chi connectivity index (χ3v) is 5.00. The number of ether oxygens (including phenoxy) is 2. The topological polar surface area (TPSA) is 58.1 Å². The van der Waals surface area contributed by atoms with Gasteiger partial charge in [0.1, 0.15) is 0 Å².